The van der Waals surface area contributed by atoms with Crippen LogP contribution in [-0.2, 0) is 9.53 Å². The summed E-state index contributed by atoms with van der Waals surface area (Å²) in [5, 5.41) is 2.74. The van der Waals surface area contributed by atoms with Crippen LogP contribution in [0.25, 0.3) is 0 Å². The number of benzene rings is 2. The monoisotopic (exact) mass is 476 g/mol. The third kappa shape index (κ3) is 5.44. The number of amides is 1. The van der Waals surface area contributed by atoms with E-state index in [0.29, 0.717) is 21.7 Å². The second-order valence-electron chi connectivity index (χ2n) is 6.91. The molecule has 0 bridgehead atoms. The number of hydrogen-bond acceptors (Lipinski definition) is 6. The maximum Gasteiger partial charge on any atom is 0.338 e. The van der Waals surface area contributed by atoms with Crippen molar-refractivity contribution in [3.63, 3.8) is 0 Å². The Bertz CT molecular complexity index is 870. The first-order valence-corrected chi connectivity index (χ1v) is 10.5. The molecule has 30 heavy (non-hydrogen) atoms. The van der Waals surface area contributed by atoms with Crippen molar-refractivity contribution in [3.05, 3.63) is 46.4 Å². The van der Waals surface area contributed by atoms with E-state index in [9.17, 15) is 9.59 Å². The summed E-state index contributed by atoms with van der Waals surface area (Å²) in [6.07, 6.45) is 3.70. The Hall–Kier alpha value is -2.74. The average Bonchev–Trinajstić information content (AvgIpc) is 2.78. The third-order valence-electron chi connectivity index (χ3n) is 4.89. The Morgan fingerprint density at radius 2 is 1.60 bits per heavy atom. The molecule has 0 aromatic heterocycles. The smallest absolute Gasteiger partial charge is 0.338 e. The zero-order chi connectivity index (χ0) is 21.5. The second-order valence-corrected chi connectivity index (χ2v) is 7.71. The lowest BCUT2D eigenvalue weighted by Gasteiger charge is -2.28. The molecule has 1 saturated heterocycles. The number of piperidine rings is 1. The minimum atomic E-state index is -0.644. The van der Waals surface area contributed by atoms with E-state index in [-0.39, 0.29) is 5.56 Å². The molecule has 1 amide bonds. The number of halogens is 1. The van der Waals surface area contributed by atoms with Gasteiger partial charge in [0.1, 0.15) is 16.0 Å². The minimum absolute atomic E-state index is 0.227. The summed E-state index contributed by atoms with van der Waals surface area (Å²) in [7, 11) is 2.97. The van der Waals surface area contributed by atoms with Gasteiger partial charge < -0.3 is 24.4 Å². The van der Waals surface area contributed by atoms with Crippen LogP contribution in [-0.4, -0.2) is 45.8 Å². The lowest BCUT2D eigenvalue weighted by Crippen LogP contribution is -2.29. The highest BCUT2D eigenvalue weighted by atomic mass is 79.9. The lowest BCUT2D eigenvalue weighted by atomic mass is 10.1. The SMILES string of the molecule is COc1cc(C(=O)OCC(=O)Nc2ccc(N3CCCCC3)cc2)cc(OC)c1Br. The number of methoxy groups -OCH3 is 2. The molecule has 160 valence electrons. The number of nitrogens with zero attached hydrogens (tertiary/aromatic N) is 1. The molecule has 0 saturated carbocycles. The summed E-state index contributed by atoms with van der Waals surface area (Å²) in [6, 6.07) is 10.7. The zero-order valence-electron chi connectivity index (χ0n) is 17.1. The molecule has 1 N–H and O–H groups in total. The summed E-state index contributed by atoms with van der Waals surface area (Å²) >= 11 is 3.35. The summed E-state index contributed by atoms with van der Waals surface area (Å²) in [5.74, 6) is -0.195. The molecule has 0 unspecified atom stereocenters. The first kappa shape index (κ1) is 22.0. The number of hydrogen-bond donors (Lipinski definition) is 1. The quantitative estimate of drug-likeness (QED) is 0.601. The normalized spacial score (nSPS) is 13.5. The van der Waals surface area contributed by atoms with Crippen molar-refractivity contribution >= 4 is 39.2 Å². The number of nitrogens with one attached hydrogen (secondary N) is 1. The molecule has 1 aliphatic rings. The van der Waals surface area contributed by atoms with Crippen LogP contribution in [0.2, 0.25) is 0 Å². The van der Waals surface area contributed by atoms with Gasteiger partial charge in [0, 0.05) is 24.5 Å². The van der Waals surface area contributed by atoms with Crippen molar-refractivity contribution in [3.8, 4) is 11.5 Å². The molecule has 3 rings (SSSR count). The van der Waals surface area contributed by atoms with Crippen LogP contribution in [0.3, 0.4) is 0 Å². The molecule has 0 aliphatic carbocycles. The van der Waals surface area contributed by atoms with Gasteiger partial charge in [0.15, 0.2) is 6.61 Å². The van der Waals surface area contributed by atoms with Crippen LogP contribution in [0.1, 0.15) is 29.6 Å². The maximum atomic E-state index is 12.3. The molecule has 8 heteroatoms. The Morgan fingerprint density at radius 3 is 2.17 bits per heavy atom. The average molecular weight is 477 g/mol. The van der Waals surface area contributed by atoms with Gasteiger partial charge in [-0.3, -0.25) is 4.79 Å². The number of carbonyl (C=O) groups is 2. The third-order valence-corrected chi connectivity index (χ3v) is 5.67. The van der Waals surface area contributed by atoms with E-state index in [2.05, 4.69) is 26.1 Å². The van der Waals surface area contributed by atoms with Gasteiger partial charge in [-0.2, -0.15) is 0 Å². The number of anilines is 2. The van der Waals surface area contributed by atoms with Crippen molar-refractivity contribution in [2.45, 2.75) is 19.3 Å². The highest BCUT2D eigenvalue weighted by Crippen LogP contribution is 2.35. The molecule has 0 spiro atoms. The summed E-state index contributed by atoms with van der Waals surface area (Å²) in [6.45, 7) is 1.73. The van der Waals surface area contributed by atoms with E-state index >= 15 is 0 Å². The maximum absolute atomic E-state index is 12.3. The minimum Gasteiger partial charge on any atom is -0.495 e. The van der Waals surface area contributed by atoms with Crippen LogP contribution >= 0.6 is 15.9 Å². The molecule has 2 aromatic carbocycles. The first-order valence-electron chi connectivity index (χ1n) is 9.75. The Morgan fingerprint density at radius 1 is 1.00 bits per heavy atom. The van der Waals surface area contributed by atoms with Crippen LogP contribution in [0.15, 0.2) is 40.9 Å². The molecule has 1 aliphatic heterocycles. The number of rotatable bonds is 7. The summed E-state index contributed by atoms with van der Waals surface area (Å²) in [5.41, 5.74) is 2.03. The number of carbonyl (C=O) groups excluding carboxylic acids is 2. The second kappa shape index (κ2) is 10.3. The Labute approximate surface area is 184 Å². The van der Waals surface area contributed by atoms with Crippen molar-refractivity contribution in [2.75, 3.05) is 44.1 Å². The van der Waals surface area contributed by atoms with Gasteiger partial charge in [-0.15, -0.1) is 0 Å². The predicted octanol–water partition coefficient (Wildman–Crippen LogP) is 4.25. The van der Waals surface area contributed by atoms with E-state index in [1.54, 1.807) is 0 Å². The fourth-order valence-electron chi connectivity index (χ4n) is 3.31. The van der Waals surface area contributed by atoms with Crippen LogP contribution in [0.4, 0.5) is 11.4 Å². The van der Waals surface area contributed by atoms with E-state index < -0.39 is 18.5 Å². The van der Waals surface area contributed by atoms with Crippen LogP contribution in [0.5, 0.6) is 11.5 Å². The van der Waals surface area contributed by atoms with Gasteiger partial charge in [0.25, 0.3) is 5.91 Å². The van der Waals surface area contributed by atoms with Gasteiger partial charge in [-0.05, 0) is 71.6 Å². The Kier molecular flexibility index (Phi) is 7.57. The fraction of sp³-hybridized carbons (Fsp3) is 0.364. The molecule has 1 fully saturated rings. The van der Waals surface area contributed by atoms with Gasteiger partial charge in [-0.25, -0.2) is 4.79 Å². The number of ether oxygens (including phenoxy) is 3. The standard InChI is InChI=1S/C22H25BrN2O5/c1-28-18-12-15(13-19(29-2)21(18)23)22(27)30-14-20(26)24-16-6-8-17(9-7-16)25-10-4-3-5-11-25/h6-9,12-13H,3-5,10-11,14H2,1-2H3,(H,24,26). The molecule has 2 aromatic rings. The molecule has 7 nitrogen and oxygen atoms in total. The van der Waals surface area contributed by atoms with E-state index in [4.69, 9.17) is 14.2 Å². The zero-order valence-corrected chi connectivity index (χ0v) is 18.7. The van der Waals surface area contributed by atoms with Crippen molar-refractivity contribution in [2.24, 2.45) is 0 Å². The molecule has 0 radical (unpaired) electrons. The van der Waals surface area contributed by atoms with Gasteiger partial charge in [0.2, 0.25) is 0 Å². The molecular weight excluding hydrogens is 452 g/mol. The summed E-state index contributed by atoms with van der Waals surface area (Å²) in [4.78, 5) is 26.9. The summed E-state index contributed by atoms with van der Waals surface area (Å²) < 4.78 is 16.2. The molecule has 0 atom stereocenters. The Balaban J connectivity index is 1.55. The van der Waals surface area contributed by atoms with Crippen molar-refractivity contribution < 1.29 is 23.8 Å². The number of esters is 1. The topological polar surface area (TPSA) is 77.1 Å². The van der Waals surface area contributed by atoms with Crippen LogP contribution in [0, 0.1) is 0 Å². The first-order chi connectivity index (χ1) is 14.5. The molecule has 1 heterocycles. The van der Waals surface area contributed by atoms with Gasteiger partial charge >= 0.3 is 5.97 Å². The lowest BCUT2D eigenvalue weighted by molar-refractivity contribution is -0.119. The van der Waals surface area contributed by atoms with E-state index in [1.807, 2.05) is 24.3 Å². The van der Waals surface area contributed by atoms with E-state index in [1.165, 1.54) is 45.6 Å². The van der Waals surface area contributed by atoms with E-state index in [0.717, 1.165) is 18.8 Å². The highest BCUT2D eigenvalue weighted by molar-refractivity contribution is 9.10. The predicted molar refractivity (Wildman–Crippen MR) is 119 cm³/mol. The highest BCUT2D eigenvalue weighted by Gasteiger charge is 2.17. The molecular formula is C22H25BrN2O5. The van der Waals surface area contributed by atoms with Gasteiger partial charge in [0.05, 0.1) is 19.8 Å². The van der Waals surface area contributed by atoms with Crippen molar-refractivity contribution in [1.29, 1.82) is 0 Å². The van der Waals surface area contributed by atoms with Crippen molar-refractivity contribution in [1.82, 2.24) is 0 Å². The van der Waals surface area contributed by atoms with Crippen LogP contribution < -0.4 is 19.7 Å². The largest absolute Gasteiger partial charge is 0.495 e. The van der Waals surface area contributed by atoms with Gasteiger partial charge in [-0.1, -0.05) is 0 Å². The fourth-order valence-corrected chi connectivity index (χ4v) is 3.86.